The van der Waals surface area contributed by atoms with Gasteiger partial charge in [0.15, 0.2) is 0 Å². The molecule has 2 nitrogen and oxygen atoms in total. The first-order chi connectivity index (χ1) is 7.09. The van der Waals surface area contributed by atoms with E-state index in [9.17, 15) is 0 Å². The van der Waals surface area contributed by atoms with Crippen molar-refractivity contribution in [1.82, 2.24) is 4.90 Å². The lowest BCUT2D eigenvalue weighted by molar-refractivity contribution is 0.289. The summed E-state index contributed by atoms with van der Waals surface area (Å²) in [6.07, 6.45) is 1.05. The fraction of sp³-hybridized carbons (Fsp3) is 0.500. The molecule has 0 aromatic heterocycles. The second-order valence-corrected chi connectivity index (χ2v) is 4.85. The molecule has 3 heteroatoms. The van der Waals surface area contributed by atoms with Crippen LogP contribution in [0.4, 0.5) is 5.69 Å². The number of benzene rings is 1. The standard InChI is InChI=1S/C12H17ClN2/c1-14(2)9-7-10-11(13)5-4-6-12(10)15(3)8-9/h4-6,9H,7-8H2,1-3H3. The maximum absolute atomic E-state index is 6.23. The highest BCUT2D eigenvalue weighted by Gasteiger charge is 2.24. The van der Waals surface area contributed by atoms with E-state index in [0.29, 0.717) is 6.04 Å². The minimum Gasteiger partial charge on any atom is -0.373 e. The number of halogens is 1. The highest BCUT2D eigenvalue weighted by Crippen LogP contribution is 2.32. The number of hydrogen-bond acceptors (Lipinski definition) is 2. The van der Waals surface area contributed by atoms with Gasteiger partial charge in [-0.3, -0.25) is 0 Å². The van der Waals surface area contributed by atoms with E-state index in [1.165, 1.54) is 11.3 Å². The van der Waals surface area contributed by atoms with Gasteiger partial charge in [0.2, 0.25) is 0 Å². The van der Waals surface area contributed by atoms with Crippen LogP contribution in [0.5, 0.6) is 0 Å². The zero-order valence-electron chi connectivity index (χ0n) is 9.50. The summed E-state index contributed by atoms with van der Waals surface area (Å²) in [4.78, 5) is 4.55. The summed E-state index contributed by atoms with van der Waals surface area (Å²) < 4.78 is 0. The molecule has 0 N–H and O–H groups in total. The molecule has 1 aromatic carbocycles. The Bertz CT molecular complexity index is 363. The van der Waals surface area contributed by atoms with E-state index < -0.39 is 0 Å². The van der Waals surface area contributed by atoms with E-state index in [-0.39, 0.29) is 0 Å². The van der Waals surface area contributed by atoms with E-state index in [2.05, 4.69) is 37.0 Å². The average molecular weight is 225 g/mol. The highest BCUT2D eigenvalue weighted by atomic mass is 35.5. The molecule has 1 atom stereocenters. The van der Waals surface area contributed by atoms with Crippen LogP contribution >= 0.6 is 11.6 Å². The molecule has 0 spiro atoms. The van der Waals surface area contributed by atoms with Crippen molar-refractivity contribution in [1.29, 1.82) is 0 Å². The van der Waals surface area contributed by atoms with Crippen LogP contribution in [0.3, 0.4) is 0 Å². The molecule has 0 radical (unpaired) electrons. The van der Waals surface area contributed by atoms with E-state index in [1.807, 2.05) is 12.1 Å². The Morgan fingerprint density at radius 3 is 2.80 bits per heavy atom. The van der Waals surface area contributed by atoms with Crippen molar-refractivity contribution in [2.75, 3.05) is 32.6 Å². The molecule has 82 valence electrons. The largest absolute Gasteiger partial charge is 0.373 e. The summed E-state index contributed by atoms with van der Waals surface area (Å²) >= 11 is 6.23. The van der Waals surface area contributed by atoms with Crippen LogP contribution in [0.15, 0.2) is 18.2 Å². The van der Waals surface area contributed by atoms with E-state index in [1.54, 1.807) is 0 Å². The van der Waals surface area contributed by atoms with Gasteiger partial charge in [0.1, 0.15) is 0 Å². The summed E-state index contributed by atoms with van der Waals surface area (Å²) in [6.45, 7) is 1.07. The molecule has 1 aromatic rings. The van der Waals surface area contributed by atoms with Gasteiger partial charge in [-0.1, -0.05) is 17.7 Å². The second kappa shape index (κ2) is 4.03. The highest BCUT2D eigenvalue weighted by molar-refractivity contribution is 6.31. The van der Waals surface area contributed by atoms with Crippen molar-refractivity contribution in [3.05, 3.63) is 28.8 Å². The summed E-state index contributed by atoms with van der Waals surface area (Å²) in [5.74, 6) is 0. The Morgan fingerprint density at radius 2 is 2.13 bits per heavy atom. The van der Waals surface area contributed by atoms with Gasteiger partial charge in [-0.25, -0.2) is 0 Å². The molecule has 1 aliphatic heterocycles. The van der Waals surface area contributed by atoms with Gasteiger partial charge in [0.25, 0.3) is 0 Å². The van der Waals surface area contributed by atoms with Gasteiger partial charge >= 0.3 is 0 Å². The van der Waals surface area contributed by atoms with Crippen molar-refractivity contribution in [2.24, 2.45) is 0 Å². The third-order valence-corrected chi connectivity index (χ3v) is 3.51. The number of rotatable bonds is 1. The summed E-state index contributed by atoms with van der Waals surface area (Å²) in [5.41, 5.74) is 2.56. The molecular weight excluding hydrogens is 208 g/mol. The topological polar surface area (TPSA) is 6.48 Å². The molecule has 0 aliphatic carbocycles. The van der Waals surface area contributed by atoms with Gasteiger partial charge in [0.05, 0.1) is 0 Å². The molecule has 1 unspecified atom stereocenters. The quantitative estimate of drug-likeness (QED) is 0.722. The van der Waals surface area contributed by atoms with Crippen molar-refractivity contribution in [2.45, 2.75) is 12.5 Å². The first kappa shape index (κ1) is 10.8. The van der Waals surface area contributed by atoms with Gasteiger partial charge in [0, 0.05) is 30.3 Å². The van der Waals surface area contributed by atoms with Crippen LogP contribution in [0.1, 0.15) is 5.56 Å². The fourth-order valence-corrected chi connectivity index (χ4v) is 2.41. The SMILES string of the molecule is CN1CC(N(C)C)Cc2c(Cl)cccc21. The van der Waals surface area contributed by atoms with Gasteiger partial charge in [-0.05, 0) is 38.2 Å². The molecule has 0 amide bonds. The van der Waals surface area contributed by atoms with E-state index >= 15 is 0 Å². The average Bonchev–Trinajstić information content (AvgIpc) is 2.19. The molecule has 0 saturated carbocycles. The zero-order valence-corrected chi connectivity index (χ0v) is 10.3. The van der Waals surface area contributed by atoms with E-state index in [4.69, 9.17) is 11.6 Å². The number of fused-ring (bicyclic) bond motifs is 1. The Balaban J connectivity index is 2.37. The molecule has 0 saturated heterocycles. The first-order valence-electron chi connectivity index (χ1n) is 5.24. The van der Waals surface area contributed by atoms with Crippen molar-refractivity contribution >= 4 is 17.3 Å². The zero-order chi connectivity index (χ0) is 11.0. The molecule has 1 aliphatic rings. The van der Waals surface area contributed by atoms with Gasteiger partial charge in [-0.15, -0.1) is 0 Å². The van der Waals surface area contributed by atoms with Crippen LogP contribution in [-0.2, 0) is 6.42 Å². The van der Waals surface area contributed by atoms with E-state index in [0.717, 1.165) is 18.0 Å². The van der Waals surface area contributed by atoms with Gasteiger partial charge < -0.3 is 9.80 Å². The number of likely N-dealkylation sites (N-methyl/N-ethyl adjacent to an activating group) is 2. The number of hydrogen-bond donors (Lipinski definition) is 0. The lowest BCUT2D eigenvalue weighted by atomic mass is 9.97. The van der Waals surface area contributed by atoms with Crippen molar-refractivity contribution in [3.8, 4) is 0 Å². The normalized spacial score (nSPS) is 20.6. The van der Waals surface area contributed by atoms with Crippen LogP contribution in [0.2, 0.25) is 5.02 Å². The van der Waals surface area contributed by atoms with Crippen LogP contribution in [0, 0.1) is 0 Å². The minimum atomic E-state index is 0.558. The molecule has 2 rings (SSSR count). The first-order valence-corrected chi connectivity index (χ1v) is 5.62. The van der Waals surface area contributed by atoms with Crippen LogP contribution < -0.4 is 4.90 Å². The third kappa shape index (κ3) is 1.97. The summed E-state index contributed by atoms with van der Waals surface area (Å²) in [7, 11) is 6.38. The molecule has 15 heavy (non-hydrogen) atoms. The fourth-order valence-electron chi connectivity index (χ4n) is 2.17. The second-order valence-electron chi connectivity index (χ2n) is 4.44. The summed E-state index contributed by atoms with van der Waals surface area (Å²) in [5, 5.41) is 0.894. The van der Waals surface area contributed by atoms with Crippen molar-refractivity contribution in [3.63, 3.8) is 0 Å². The summed E-state index contributed by atoms with van der Waals surface area (Å²) in [6, 6.07) is 6.70. The van der Waals surface area contributed by atoms with Crippen molar-refractivity contribution < 1.29 is 0 Å². The van der Waals surface area contributed by atoms with Crippen LogP contribution in [0.25, 0.3) is 0 Å². The Morgan fingerprint density at radius 1 is 1.40 bits per heavy atom. The Kier molecular flexibility index (Phi) is 2.89. The minimum absolute atomic E-state index is 0.558. The molecule has 0 fully saturated rings. The predicted molar refractivity (Wildman–Crippen MR) is 65.9 cm³/mol. The number of nitrogens with zero attached hydrogens (tertiary/aromatic N) is 2. The molecular formula is C12H17ClN2. The van der Waals surface area contributed by atoms with Gasteiger partial charge in [-0.2, -0.15) is 0 Å². The molecule has 1 heterocycles. The maximum Gasteiger partial charge on any atom is 0.0459 e. The van der Waals surface area contributed by atoms with Crippen LogP contribution in [-0.4, -0.2) is 38.6 Å². The lowest BCUT2D eigenvalue weighted by Crippen LogP contribution is -2.44. The predicted octanol–water partition coefficient (Wildman–Crippen LogP) is 2.26. The Hall–Kier alpha value is -0.730. The maximum atomic E-state index is 6.23. The Labute approximate surface area is 96.4 Å². The molecule has 0 bridgehead atoms. The lowest BCUT2D eigenvalue weighted by Gasteiger charge is -2.37. The number of anilines is 1. The smallest absolute Gasteiger partial charge is 0.0459 e. The monoisotopic (exact) mass is 224 g/mol. The third-order valence-electron chi connectivity index (χ3n) is 3.16.